The predicted molar refractivity (Wildman–Crippen MR) is 75.2 cm³/mol. The molecule has 3 N–H and O–H groups in total. The van der Waals surface area contributed by atoms with Crippen molar-refractivity contribution in [2.75, 3.05) is 18.1 Å². The van der Waals surface area contributed by atoms with Crippen LogP contribution in [0.25, 0.3) is 0 Å². The first-order valence-electron chi connectivity index (χ1n) is 6.84. The van der Waals surface area contributed by atoms with Crippen molar-refractivity contribution in [3.05, 3.63) is 0 Å². The summed E-state index contributed by atoms with van der Waals surface area (Å²) in [7, 11) is 0. The van der Waals surface area contributed by atoms with Gasteiger partial charge in [0.05, 0.1) is 6.04 Å². The van der Waals surface area contributed by atoms with Crippen LogP contribution in [-0.2, 0) is 4.79 Å². The summed E-state index contributed by atoms with van der Waals surface area (Å²) in [6, 6.07) is -0.133. The number of hydrogen-bond acceptors (Lipinski definition) is 3. The second-order valence-electron chi connectivity index (χ2n) is 4.92. The molecule has 0 aromatic carbocycles. The fourth-order valence-electron chi connectivity index (χ4n) is 2.29. The molecule has 0 radical (unpaired) electrons. The van der Waals surface area contributed by atoms with Crippen LogP contribution in [0, 0.1) is 5.92 Å². The van der Waals surface area contributed by atoms with Crippen molar-refractivity contribution in [3.63, 3.8) is 0 Å². The van der Waals surface area contributed by atoms with E-state index < -0.39 is 0 Å². The van der Waals surface area contributed by atoms with Gasteiger partial charge < -0.3 is 11.1 Å². The maximum Gasteiger partial charge on any atom is 0.234 e. The molecule has 4 heteroatoms. The van der Waals surface area contributed by atoms with E-state index in [-0.39, 0.29) is 11.9 Å². The van der Waals surface area contributed by atoms with E-state index in [1.54, 1.807) is 0 Å². The van der Waals surface area contributed by atoms with Crippen LogP contribution in [0.15, 0.2) is 0 Å². The number of nitrogens with two attached hydrogens (primary N) is 1. The summed E-state index contributed by atoms with van der Waals surface area (Å²) < 4.78 is 0. The molecule has 0 heterocycles. The second-order valence-corrected chi connectivity index (χ2v) is 6.07. The van der Waals surface area contributed by atoms with E-state index in [2.05, 4.69) is 12.2 Å². The standard InChI is InChI=1S/C13H26N2OS/c1-2-8-15-12(13(14)16)7-9-17-10-11-5-3-4-6-11/h11-12,15H,2-10H2,1H3,(H2,14,16). The SMILES string of the molecule is CCCNC(CCSCC1CCCC1)C(N)=O. The highest BCUT2D eigenvalue weighted by atomic mass is 32.2. The molecule has 3 nitrogen and oxygen atoms in total. The Balaban J connectivity index is 2.06. The maximum absolute atomic E-state index is 11.2. The molecule has 1 aliphatic carbocycles. The molecule has 1 atom stereocenters. The lowest BCUT2D eigenvalue weighted by Crippen LogP contribution is -2.42. The summed E-state index contributed by atoms with van der Waals surface area (Å²) >= 11 is 1.98. The van der Waals surface area contributed by atoms with Crippen LogP contribution >= 0.6 is 11.8 Å². The molecule has 100 valence electrons. The van der Waals surface area contributed by atoms with Gasteiger partial charge in [-0.05, 0) is 49.7 Å². The third kappa shape index (κ3) is 6.32. The normalized spacial score (nSPS) is 18.4. The topological polar surface area (TPSA) is 55.1 Å². The van der Waals surface area contributed by atoms with Gasteiger partial charge in [0.1, 0.15) is 0 Å². The van der Waals surface area contributed by atoms with Gasteiger partial charge in [0.2, 0.25) is 5.91 Å². The fourth-order valence-corrected chi connectivity index (χ4v) is 3.53. The van der Waals surface area contributed by atoms with Crippen LogP contribution in [0.3, 0.4) is 0 Å². The first kappa shape index (κ1) is 14.8. The van der Waals surface area contributed by atoms with Gasteiger partial charge in [0, 0.05) is 0 Å². The van der Waals surface area contributed by atoms with Crippen LogP contribution in [0.5, 0.6) is 0 Å². The van der Waals surface area contributed by atoms with Gasteiger partial charge >= 0.3 is 0 Å². The highest BCUT2D eigenvalue weighted by Gasteiger charge is 2.16. The predicted octanol–water partition coefficient (Wildman–Crippen LogP) is 2.15. The van der Waals surface area contributed by atoms with Crippen molar-refractivity contribution in [1.29, 1.82) is 0 Å². The quantitative estimate of drug-likeness (QED) is 0.623. The molecule has 1 saturated carbocycles. The Labute approximate surface area is 109 Å². The molecule has 1 fully saturated rings. The highest BCUT2D eigenvalue weighted by molar-refractivity contribution is 7.99. The lowest BCUT2D eigenvalue weighted by Gasteiger charge is -2.15. The number of hydrogen-bond donors (Lipinski definition) is 2. The Hall–Kier alpha value is -0.220. The van der Waals surface area contributed by atoms with E-state index in [1.165, 1.54) is 31.4 Å². The number of rotatable bonds is 9. The third-order valence-corrected chi connectivity index (χ3v) is 4.59. The summed E-state index contributed by atoms with van der Waals surface area (Å²) in [5, 5.41) is 3.21. The Bertz CT molecular complexity index is 217. The van der Waals surface area contributed by atoms with E-state index in [1.807, 2.05) is 11.8 Å². The molecular formula is C13H26N2OS. The second kappa shape index (κ2) is 8.81. The van der Waals surface area contributed by atoms with Crippen LogP contribution in [0.1, 0.15) is 45.4 Å². The molecule has 0 aromatic heterocycles. The van der Waals surface area contributed by atoms with Crippen molar-refractivity contribution in [1.82, 2.24) is 5.32 Å². The number of amides is 1. The molecular weight excluding hydrogens is 232 g/mol. The van der Waals surface area contributed by atoms with Crippen LogP contribution in [0.4, 0.5) is 0 Å². The smallest absolute Gasteiger partial charge is 0.234 e. The molecule has 1 unspecified atom stereocenters. The van der Waals surface area contributed by atoms with Crippen molar-refractivity contribution < 1.29 is 4.79 Å². The number of carbonyl (C=O) groups excluding carboxylic acids is 1. The van der Waals surface area contributed by atoms with E-state index in [9.17, 15) is 4.79 Å². The average molecular weight is 258 g/mol. The first-order chi connectivity index (χ1) is 8.24. The van der Waals surface area contributed by atoms with Gasteiger partial charge in [0.15, 0.2) is 0 Å². The maximum atomic E-state index is 11.2. The Morgan fingerprint density at radius 1 is 1.47 bits per heavy atom. The van der Waals surface area contributed by atoms with E-state index in [0.717, 1.165) is 31.1 Å². The van der Waals surface area contributed by atoms with Gasteiger partial charge in [-0.15, -0.1) is 0 Å². The lowest BCUT2D eigenvalue weighted by atomic mass is 10.1. The molecule has 0 saturated heterocycles. The van der Waals surface area contributed by atoms with E-state index in [4.69, 9.17) is 5.73 Å². The van der Waals surface area contributed by atoms with Gasteiger partial charge in [-0.3, -0.25) is 4.79 Å². The zero-order valence-corrected chi connectivity index (χ0v) is 11.7. The summed E-state index contributed by atoms with van der Waals surface area (Å²) in [5.74, 6) is 3.02. The minimum Gasteiger partial charge on any atom is -0.368 e. The van der Waals surface area contributed by atoms with Crippen molar-refractivity contribution >= 4 is 17.7 Å². The molecule has 0 bridgehead atoms. The molecule has 1 rings (SSSR count). The van der Waals surface area contributed by atoms with Gasteiger partial charge in [-0.2, -0.15) is 11.8 Å². The van der Waals surface area contributed by atoms with Crippen LogP contribution < -0.4 is 11.1 Å². The molecule has 0 spiro atoms. The van der Waals surface area contributed by atoms with Crippen LogP contribution in [-0.4, -0.2) is 30.0 Å². The number of primary amides is 1. The van der Waals surface area contributed by atoms with E-state index >= 15 is 0 Å². The lowest BCUT2D eigenvalue weighted by molar-refractivity contribution is -0.120. The highest BCUT2D eigenvalue weighted by Crippen LogP contribution is 2.28. The summed E-state index contributed by atoms with van der Waals surface area (Å²) in [6.45, 7) is 2.97. The number of thioether (sulfide) groups is 1. The van der Waals surface area contributed by atoms with Gasteiger partial charge in [0.25, 0.3) is 0 Å². The van der Waals surface area contributed by atoms with Crippen molar-refractivity contribution in [3.8, 4) is 0 Å². The summed E-state index contributed by atoms with van der Waals surface area (Å²) in [5.41, 5.74) is 5.37. The minimum absolute atomic E-state index is 0.133. The van der Waals surface area contributed by atoms with Crippen LogP contribution in [0.2, 0.25) is 0 Å². The largest absolute Gasteiger partial charge is 0.368 e. The third-order valence-electron chi connectivity index (χ3n) is 3.36. The number of nitrogens with one attached hydrogen (secondary N) is 1. The zero-order chi connectivity index (χ0) is 12.5. The van der Waals surface area contributed by atoms with E-state index in [0.29, 0.717) is 0 Å². The monoisotopic (exact) mass is 258 g/mol. The van der Waals surface area contributed by atoms with Gasteiger partial charge in [-0.1, -0.05) is 19.8 Å². The first-order valence-corrected chi connectivity index (χ1v) is 8.00. The Kier molecular flexibility index (Phi) is 7.69. The van der Waals surface area contributed by atoms with Gasteiger partial charge in [-0.25, -0.2) is 0 Å². The molecule has 17 heavy (non-hydrogen) atoms. The molecule has 0 aromatic rings. The summed E-state index contributed by atoms with van der Waals surface area (Å²) in [4.78, 5) is 11.2. The zero-order valence-electron chi connectivity index (χ0n) is 10.9. The fraction of sp³-hybridized carbons (Fsp3) is 0.923. The Morgan fingerprint density at radius 3 is 2.76 bits per heavy atom. The Morgan fingerprint density at radius 2 is 2.18 bits per heavy atom. The minimum atomic E-state index is -0.208. The molecule has 1 amide bonds. The number of carbonyl (C=O) groups is 1. The van der Waals surface area contributed by atoms with Crippen molar-refractivity contribution in [2.45, 2.75) is 51.5 Å². The summed E-state index contributed by atoms with van der Waals surface area (Å²) in [6.07, 6.45) is 7.53. The van der Waals surface area contributed by atoms with Crippen molar-refractivity contribution in [2.24, 2.45) is 11.7 Å². The molecule has 0 aliphatic heterocycles. The molecule has 1 aliphatic rings. The average Bonchev–Trinajstić information content (AvgIpc) is 2.80.